The highest BCUT2D eigenvalue weighted by Gasteiger charge is 2.42. The summed E-state index contributed by atoms with van der Waals surface area (Å²) >= 11 is 0. The van der Waals surface area contributed by atoms with E-state index in [2.05, 4.69) is 25.2 Å². The quantitative estimate of drug-likeness (QED) is 0.642. The number of carbonyl (C=O) groups is 1. The average Bonchev–Trinajstić information content (AvgIpc) is 3.51. The maximum absolute atomic E-state index is 14.6. The number of aryl methyl sites for hydroxylation is 1. The van der Waals surface area contributed by atoms with Gasteiger partial charge in [0.15, 0.2) is 0 Å². The lowest BCUT2D eigenvalue weighted by Gasteiger charge is -2.34. The molecular weight excluding hydrogens is 470 g/mol. The van der Waals surface area contributed by atoms with Crippen molar-refractivity contribution < 1.29 is 23.4 Å². The van der Waals surface area contributed by atoms with Crippen LogP contribution in [0.4, 0.5) is 14.6 Å². The van der Waals surface area contributed by atoms with E-state index in [4.69, 9.17) is 4.74 Å². The zero-order valence-electron chi connectivity index (χ0n) is 19.9. The van der Waals surface area contributed by atoms with E-state index in [0.717, 1.165) is 5.56 Å². The van der Waals surface area contributed by atoms with Crippen LogP contribution >= 0.6 is 0 Å². The first-order valence-corrected chi connectivity index (χ1v) is 12.2. The number of rotatable bonds is 5. The number of anilines is 1. The van der Waals surface area contributed by atoms with Gasteiger partial charge >= 0.3 is 0 Å². The van der Waals surface area contributed by atoms with Gasteiger partial charge in [-0.05, 0) is 30.2 Å². The zero-order valence-corrected chi connectivity index (χ0v) is 19.9. The maximum Gasteiger partial charge on any atom is 0.273 e. The molecule has 3 saturated heterocycles. The molecule has 0 radical (unpaired) electrons. The van der Waals surface area contributed by atoms with Crippen molar-refractivity contribution in [1.82, 2.24) is 19.8 Å². The van der Waals surface area contributed by atoms with Crippen LogP contribution in [0.5, 0.6) is 0 Å². The normalized spacial score (nSPS) is 28.2. The second-order valence-electron chi connectivity index (χ2n) is 9.98. The molecule has 6 rings (SSSR count). The lowest BCUT2D eigenvalue weighted by molar-refractivity contribution is -0.125. The zero-order chi connectivity index (χ0) is 25.0. The molecule has 11 heteroatoms. The van der Waals surface area contributed by atoms with Crippen molar-refractivity contribution in [1.29, 1.82) is 0 Å². The molecule has 2 aromatic rings. The number of likely N-dealkylation sites (tertiary alicyclic amines) is 2. The Hall–Kier alpha value is -3.02. The molecule has 2 N–H and O–H groups in total. The Balaban J connectivity index is 1.26. The van der Waals surface area contributed by atoms with Gasteiger partial charge in [0.2, 0.25) is 0 Å². The number of halogens is 2. The summed E-state index contributed by atoms with van der Waals surface area (Å²) in [5, 5.41) is 14.0. The Morgan fingerprint density at radius 3 is 2.83 bits per heavy atom. The van der Waals surface area contributed by atoms with Crippen LogP contribution in [0.25, 0.3) is 0 Å². The summed E-state index contributed by atoms with van der Waals surface area (Å²) in [5.41, 5.74) is 2.64. The summed E-state index contributed by atoms with van der Waals surface area (Å²) in [5.74, 6) is -0.429. The van der Waals surface area contributed by atoms with Crippen molar-refractivity contribution in [3.63, 3.8) is 0 Å². The number of hydrogen-bond donors (Lipinski definition) is 2. The molecule has 190 valence electrons. The van der Waals surface area contributed by atoms with Crippen molar-refractivity contribution in [2.45, 2.75) is 50.3 Å². The van der Waals surface area contributed by atoms with Gasteiger partial charge in [0.25, 0.3) is 5.91 Å². The van der Waals surface area contributed by atoms with Crippen LogP contribution in [0.1, 0.15) is 34.8 Å². The molecule has 0 spiro atoms. The first-order valence-electron chi connectivity index (χ1n) is 12.2. The van der Waals surface area contributed by atoms with Gasteiger partial charge in [-0.2, -0.15) is 0 Å². The van der Waals surface area contributed by atoms with Crippen LogP contribution in [0, 0.1) is 12.7 Å². The smallest absolute Gasteiger partial charge is 0.273 e. The molecule has 0 saturated carbocycles. The van der Waals surface area contributed by atoms with Crippen molar-refractivity contribution >= 4 is 17.4 Å². The van der Waals surface area contributed by atoms with E-state index in [-0.39, 0.29) is 31.3 Å². The number of aliphatic hydroxyl groups is 1. The molecule has 1 unspecified atom stereocenters. The highest BCUT2D eigenvalue weighted by atomic mass is 19.1. The minimum Gasteiger partial charge on any atom is -0.390 e. The van der Waals surface area contributed by atoms with Crippen molar-refractivity contribution in [2.24, 2.45) is 4.99 Å². The van der Waals surface area contributed by atoms with E-state index in [1.165, 1.54) is 23.4 Å². The number of amides is 1. The number of alkyl halides is 1. The van der Waals surface area contributed by atoms with Crippen LogP contribution in [0.15, 0.2) is 29.5 Å². The van der Waals surface area contributed by atoms with Gasteiger partial charge in [0.05, 0.1) is 61.8 Å². The standard InChI is InChI=1S/C25H28F2N6O3/c1-13-2-3-14(26)4-17(13)20-5-15(27)7-33(20)25(35)23-22-18(6-28-23)29-12-30-24(22)31-19-8-32(9-21(19)34)16-10-36-11-16/h2-4,12,15-16,19-21,34H,5-11H2,1H3,(H,29,30,31)/t15-,19?,20+,21+/m0/s1. The Kier molecular flexibility index (Phi) is 5.93. The average molecular weight is 499 g/mol. The Morgan fingerprint density at radius 2 is 2.06 bits per heavy atom. The van der Waals surface area contributed by atoms with Gasteiger partial charge in [-0.3, -0.25) is 14.7 Å². The van der Waals surface area contributed by atoms with Gasteiger partial charge in [-0.15, -0.1) is 0 Å². The lowest BCUT2D eigenvalue weighted by Crippen LogP contribution is -2.48. The number of nitrogens with one attached hydrogen (secondary N) is 1. The molecule has 0 bridgehead atoms. The van der Waals surface area contributed by atoms with E-state index in [1.54, 1.807) is 6.07 Å². The van der Waals surface area contributed by atoms with E-state index in [9.17, 15) is 18.7 Å². The van der Waals surface area contributed by atoms with Crippen LogP contribution in [0.3, 0.4) is 0 Å². The van der Waals surface area contributed by atoms with Gasteiger partial charge in [0, 0.05) is 19.5 Å². The summed E-state index contributed by atoms with van der Waals surface area (Å²) in [4.78, 5) is 30.5. The minimum atomic E-state index is -1.22. The molecule has 0 aliphatic carbocycles. The molecule has 4 aliphatic heterocycles. The van der Waals surface area contributed by atoms with Crippen molar-refractivity contribution in [3.05, 3.63) is 52.7 Å². The third-order valence-electron chi connectivity index (χ3n) is 7.64. The number of carbonyl (C=O) groups excluding carboxylic acids is 1. The van der Waals surface area contributed by atoms with Crippen LogP contribution in [-0.4, -0.2) is 93.7 Å². The monoisotopic (exact) mass is 498 g/mol. The molecule has 1 aromatic heterocycles. The summed E-state index contributed by atoms with van der Waals surface area (Å²) in [6.45, 7) is 4.40. The SMILES string of the molecule is Cc1ccc(F)cc1[C@H]1C[C@H](F)CN1C(=O)C1=NCc2ncnc(NC3CN(C4COC4)C[C@H]3O)c21. The first kappa shape index (κ1) is 23.4. The molecule has 1 amide bonds. The number of β-amino-alcohol motifs (C(OH)–C–C–N with tert-alkyl or cyclic N) is 1. The van der Waals surface area contributed by atoms with Gasteiger partial charge in [-0.1, -0.05) is 6.07 Å². The van der Waals surface area contributed by atoms with Gasteiger partial charge in [-0.25, -0.2) is 18.7 Å². The fraction of sp³-hybridized carbons (Fsp3) is 0.520. The number of aromatic nitrogens is 2. The molecule has 36 heavy (non-hydrogen) atoms. The number of aliphatic hydroxyl groups excluding tert-OH is 1. The predicted molar refractivity (Wildman–Crippen MR) is 127 cm³/mol. The molecule has 9 nitrogen and oxygen atoms in total. The largest absolute Gasteiger partial charge is 0.390 e. The molecule has 1 aromatic carbocycles. The maximum atomic E-state index is 14.6. The Morgan fingerprint density at radius 1 is 1.22 bits per heavy atom. The molecule has 3 fully saturated rings. The molecule has 4 aliphatic rings. The molecule has 4 atom stereocenters. The number of benzene rings is 1. The van der Waals surface area contributed by atoms with Crippen LogP contribution < -0.4 is 5.32 Å². The van der Waals surface area contributed by atoms with E-state index in [1.807, 2.05) is 6.92 Å². The number of nitrogens with zero attached hydrogens (tertiary/aromatic N) is 5. The van der Waals surface area contributed by atoms with E-state index >= 15 is 0 Å². The summed E-state index contributed by atoms with van der Waals surface area (Å²) in [7, 11) is 0. The molecule has 5 heterocycles. The second-order valence-corrected chi connectivity index (χ2v) is 9.98. The van der Waals surface area contributed by atoms with E-state index < -0.39 is 30.0 Å². The third kappa shape index (κ3) is 4.04. The Labute approximate surface area is 207 Å². The minimum absolute atomic E-state index is 0.0932. The second kappa shape index (κ2) is 9.13. The number of aliphatic imine (C=N–C) groups is 1. The highest BCUT2D eigenvalue weighted by Crippen LogP contribution is 2.37. The third-order valence-corrected chi connectivity index (χ3v) is 7.64. The van der Waals surface area contributed by atoms with Gasteiger partial charge < -0.3 is 20.1 Å². The number of ether oxygens (including phenoxy) is 1. The van der Waals surface area contributed by atoms with E-state index in [0.29, 0.717) is 55.0 Å². The van der Waals surface area contributed by atoms with Crippen LogP contribution in [-0.2, 0) is 16.1 Å². The highest BCUT2D eigenvalue weighted by molar-refractivity contribution is 6.47. The number of fused-ring (bicyclic) bond motifs is 1. The fourth-order valence-electron chi connectivity index (χ4n) is 5.58. The topological polar surface area (TPSA) is 103 Å². The summed E-state index contributed by atoms with van der Waals surface area (Å²) in [6.07, 6.45) is -0.320. The Bertz CT molecular complexity index is 1220. The lowest BCUT2D eigenvalue weighted by atomic mass is 9.98. The molecular formula is C25H28F2N6O3. The van der Waals surface area contributed by atoms with Gasteiger partial charge in [0.1, 0.15) is 29.8 Å². The van der Waals surface area contributed by atoms with Crippen LogP contribution in [0.2, 0.25) is 0 Å². The summed E-state index contributed by atoms with van der Waals surface area (Å²) in [6, 6.07) is 3.80. The van der Waals surface area contributed by atoms with Crippen molar-refractivity contribution in [2.75, 3.05) is 38.2 Å². The predicted octanol–water partition coefficient (Wildman–Crippen LogP) is 1.39. The first-order chi connectivity index (χ1) is 17.4. The number of hydrogen-bond acceptors (Lipinski definition) is 8. The summed E-state index contributed by atoms with van der Waals surface area (Å²) < 4.78 is 33.9. The fourth-order valence-corrected chi connectivity index (χ4v) is 5.58. The van der Waals surface area contributed by atoms with Crippen molar-refractivity contribution in [3.8, 4) is 0 Å².